The van der Waals surface area contributed by atoms with Gasteiger partial charge in [0.05, 0.1) is 21.7 Å². The number of hydrogen-bond acceptors (Lipinski definition) is 6. The number of phenols is 4. The Bertz CT molecular complexity index is 885. The summed E-state index contributed by atoms with van der Waals surface area (Å²) in [4.78, 5) is 25.0. The van der Waals surface area contributed by atoms with Crippen molar-refractivity contribution < 1.29 is 30.0 Å². The number of aryl methyl sites for hydroxylation is 1. The van der Waals surface area contributed by atoms with Crippen LogP contribution in [-0.2, 0) is 0 Å². The van der Waals surface area contributed by atoms with Gasteiger partial charge in [-0.25, -0.2) is 0 Å². The van der Waals surface area contributed by atoms with Crippen LogP contribution in [0.25, 0.3) is 0 Å². The Kier molecular flexibility index (Phi) is 2.83. The fourth-order valence-corrected chi connectivity index (χ4v) is 2.73. The lowest BCUT2D eigenvalue weighted by atomic mass is 9.81. The Morgan fingerprint density at radius 3 is 2.09 bits per heavy atom. The van der Waals surface area contributed by atoms with E-state index in [9.17, 15) is 30.0 Å². The van der Waals surface area contributed by atoms with Crippen molar-refractivity contribution >= 4 is 23.2 Å². The summed E-state index contributed by atoms with van der Waals surface area (Å²) in [6, 6.07) is 2.19. The molecule has 1 aliphatic carbocycles. The zero-order valence-electron chi connectivity index (χ0n) is 11.1. The highest BCUT2D eigenvalue weighted by atomic mass is 35.5. The first-order valence-electron chi connectivity index (χ1n) is 6.15. The number of rotatable bonds is 0. The number of carbonyl (C=O) groups excluding carboxylic acids is 2. The standard InChI is InChI=1S/C15H9ClO6/c1-4-2-7(17)9-10(11(4)18)14(21)8-5(12(9)19)3-6(16)13(20)15(8)22/h2-3,17-18,20,22H,1H3. The van der Waals surface area contributed by atoms with E-state index in [1.807, 2.05) is 0 Å². The molecule has 0 aliphatic heterocycles. The van der Waals surface area contributed by atoms with Gasteiger partial charge >= 0.3 is 0 Å². The van der Waals surface area contributed by atoms with Gasteiger partial charge in [-0.15, -0.1) is 0 Å². The molecular formula is C15H9ClO6. The van der Waals surface area contributed by atoms with Crippen LogP contribution in [0, 0.1) is 6.92 Å². The van der Waals surface area contributed by atoms with E-state index in [2.05, 4.69) is 0 Å². The second-order valence-corrected chi connectivity index (χ2v) is 5.35. The minimum Gasteiger partial charge on any atom is -0.507 e. The second-order valence-electron chi connectivity index (χ2n) is 4.95. The third-order valence-corrected chi connectivity index (χ3v) is 3.91. The molecule has 22 heavy (non-hydrogen) atoms. The topological polar surface area (TPSA) is 115 Å². The van der Waals surface area contributed by atoms with Crippen molar-refractivity contribution in [1.29, 1.82) is 0 Å². The molecule has 0 unspecified atom stereocenters. The summed E-state index contributed by atoms with van der Waals surface area (Å²) < 4.78 is 0. The Balaban J connectivity index is 2.46. The third kappa shape index (κ3) is 1.61. The minimum atomic E-state index is -0.884. The molecule has 112 valence electrons. The van der Waals surface area contributed by atoms with Crippen LogP contribution in [0.4, 0.5) is 0 Å². The second kappa shape index (κ2) is 4.38. The molecule has 1 aliphatic rings. The number of phenolic OH excluding ortho intramolecular Hbond substituents is 4. The zero-order valence-corrected chi connectivity index (χ0v) is 11.9. The molecule has 6 nitrogen and oxygen atoms in total. The average Bonchev–Trinajstić information content (AvgIpc) is 2.45. The van der Waals surface area contributed by atoms with Gasteiger partial charge in [-0.3, -0.25) is 9.59 Å². The van der Waals surface area contributed by atoms with Crippen LogP contribution in [0.1, 0.15) is 37.4 Å². The van der Waals surface area contributed by atoms with E-state index >= 15 is 0 Å². The van der Waals surface area contributed by atoms with Gasteiger partial charge < -0.3 is 20.4 Å². The van der Waals surface area contributed by atoms with Crippen molar-refractivity contribution in [1.82, 2.24) is 0 Å². The maximum Gasteiger partial charge on any atom is 0.202 e. The van der Waals surface area contributed by atoms with Crippen molar-refractivity contribution in [3.63, 3.8) is 0 Å². The smallest absolute Gasteiger partial charge is 0.202 e. The fourth-order valence-electron chi connectivity index (χ4n) is 2.54. The van der Waals surface area contributed by atoms with Crippen molar-refractivity contribution in [3.05, 3.63) is 45.0 Å². The van der Waals surface area contributed by atoms with Crippen LogP contribution < -0.4 is 0 Å². The van der Waals surface area contributed by atoms with Gasteiger partial charge in [-0.2, -0.15) is 0 Å². The summed E-state index contributed by atoms with van der Waals surface area (Å²) >= 11 is 5.70. The number of halogens is 1. The molecule has 0 saturated heterocycles. The number of aromatic hydroxyl groups is 4. The summed E-state index contributed by atoms with van der Waals surface area (Å²) in [6.07, 6.45) is 0. The normalized spacial score (nSPS) is 13.0. The Labute approximate surface area is 128 Å². The summed E-state index contributed by atoms with van der Waals surface area (Å²) in [7, 11) is 0. The van der Waals surface area contributed by atoms with Gasteiger partial charge in [-0.05, 0) is 24.6 Å². The molecule has 0 radical (unpaired) electrons. The van der Waals surface area contributed by atoms with Crippen molar-refractivity contribution in [3.8, 4) is 23.0 Å². The molecule has 7 heteroatoms. The van der Waals surface area contributed by atoms with Gasteiger partial charge in [0, 0.05) is 5.56 Å². The van der Waals surface area contributed by atoms with Crippen LogP contribution in [0.2, 0.25) is 5.02 Å². The highest BCUT2D eigenvalue weighted by Crippen LogP contribution is 2.46. The van der Waals surface area contributed by atoms with Crippen molar-refractivity contribution in [2.75, 3.05) is 0 Å². The van der Waals surface area contributed by atoms with Crippen LogP contribution in [0.5, 0.6) is 23.0 Å². The first kappa shape index (κ1) is 14.2. The largest absolute Gasteiger partial charge is 0.507 e. The SMILES string of the molecule is Cc1cc(O)c2c(c1O)C(=O)c1c(cc(Cl)c(O)c1O)C2=O. The molecule has 0 spiro atoms. The Morgan fingerprint density at radius 2 is 1.45 bits per heavy atom. The fraction of sp³-hybridized carbons (Fsp3) is 0.0667. The summed E-state index contributed by atoms with van der Waals surface area (Å²) in [5, 5.41) is 39.2. The number of ketones is 2. The van der Waals surface area contributed by atoms with E-state index in [1.165, 1.54) is 6.92 Å². The Hall–Kier alpha value is -2.73. The first-order chi connectivity index (χ1) is 10.3. The highest BCUT2D eigenvalue weighted by molar-refractivity contribution is 6.36. The van der Waals surface area contributed by atoms with E-state index in [0.717, 1.165) is 12.1 Å². The lowest BCUT2D eigenvalue weighted by Crippen LogP contribution is -2.22. The van der Waals surface area contributed by atoms with Gasteiger partial charge in [0.15, 0.2) is 17.3 Å². The van der Waals surface area contributed by atoms with Gasteiger partial charge in [0.1, 0.15) is 11.5 Å². The monoisotopic (exact) mass is 320 g/mol. The Morgan fingerprint density at radius 1 is 0.818 bits per heavy atom. The van der Waals surface area contributed by atoms with Crippen LogP contribution in [0.15, 0.2) is 12.1 Å². The zero-order chi connectivity index (χ0) is 16.3. The molecule has 0 fully saturated rings. The molecule has 2 aromatic carbocycles. The number of hydrogen-bond donors (Lipinski definition) is 4. The third-order valence-electron chi connectivity index (χ3n) is 3.62. The van der Waals surface area contributed by atoms with Gasteiger partial charge in [0.25, 0.3) is 0 Å². The molecule has 0 bridgehead atoms. The average molecular weight is 321 g/mol. The molecule has 4 N–H and O–H groups in total. The minimum absolute atomic E-state index is 0.193. The summed E-state index contributed by atoms with van der Waals surface area (Å²) in [6.45, 7) is 1.45. The maximum absolute atomic E-state index is 12.5. The van der Waals surface area contributed by atoms with E-state index < -0.39 is 45.7 Å². The lowest BCUT2D eigenvalue weighted by molar-refractivity contribution is 0.0971. The van der Waals surface area contributed by atoms with Gasteiger partial charge in [-0.1, -0.05) is 11.6 Å². The molecule has 2 aromatic rings. The number of benzene rings is 2. The predicted octanol–water partition coefficient (Wildman–Crippen LogP) is 2.25. The molecule has 0 heterocycles. The van der Waals surface area contributed by atoms with E-state index in [1.54, 1.807) is 0 Å². The predicted molar refractivity (Wildman–Crippen MR) is 76.2 cm³/mol. The van der Waals surface area contributed by atoms with Crippen molar-refractivity contribution in [2.45, 2.75) is 6.92 Å². The van der Waals surface area contributed by atoms with E-state index in [0.29, 0.717) is 0 Å². The van der Waals surface area contributed by atoms with Crippen molar-refractivity contribution in [2.24, 2.45) is 0 Å². The highest BCUT2D eigenvalue weighted by Gasteiger charge is 2.38. The van der Waals surface area contributed by atoms with E-state index in [4.69, 9.17) is 11.6 Å². The summed E-state index contributed by atoms with van der Waals surface area (Å²) in [5.74, 6) is -4.17. The van der Waals surface area contributed by atoms with Crippen LogP contribution in [-0.4, -0.2) is 32.0 Å². The van der Waals surface area contributed by atoms with E-state index in [-0.39, 0.29) is 21.7 Å². The first-order valence-corrected chi connectivity index (χ1v) is 6.52. The molecule has 0 atom stereocenters. The molecule has 3 rings (SSSR count). The molecule has 0 aromatic heterocycles. The van der Waals surface area contributed by atoms with Crippen LogP contribution >= 0.6 is 11.6 Å². The summed E-state index contributed by atoms with van der Waals surface area (Å²) in [5.41, 5.74) is -1.29. The molecular weight excluding hydrogens is 312 g/mol. The molecule has 0 saturated carbocycles. The lowest BCUT2D eigenvalue weighted by Gasteiger charge is -2.21. The quantitative estimate of drug-likeness (QED) is 0.373. The number of carbonyl (C=O) groups is 2. The van der Waals surface area contributed by atoms with Crippen LogP contribution in [0.3, 0.4) is 0 Å². The van der Waals surface area contributed by atoms with Gasteiger partial charge in [0.2, 0.25) is 5.78 Å². The maximum atomic E-state index is 12.5. The molecule has 0 amide bonds. The number of fused-ring (bicyclic) bond motifs is 2.